The molecule has 0 saturated carbocycles. The Bertz CT molecular complexity index is 812. The van der Waals surface area contributed by atoms with E-state index in [1.165, 1.54) is 0 Å². The van der Waals surface area contributed by atoms with E-state index in [-0.39, 0.29) is 18.6 Å². The summed E-state index contributed by atoms with van der Waals surface area (Å²) >= 11 is 12.1. The Kier molecular flexibility index (Phi) is 7.12. The molecule has 0 aliphatic heterocycles. The van der Waals surface area contributed by atoms with Crippen LogP contribution in [0.3, 0.4) is 0 Å². The summed E-state index contributed by atoms with van der Waals surface area (Å²) in [6, 6.07) is 12.4. The van der Waals surface area contributed by atoms with E-state index in [9.17, 15) is 4.79 Å². The van der Waals surface area contributed by atoms with Crippen molar-refractivity contribution in [1.29, 1.82) is 0 Å². The van der Waals surface area contributed by atoms with E-state index in [1.54, 1.807) is 30.3 Å². The van der Waals surface area contributed by atoms with Crippen LogP contribution in [0.5, 0.6) is 5.75 Å². The van der Waals surface area contributed by atoms with E-state index in [1.807, 2.05) is 19.1 Å². The van der Waals surface area contributed by atoms with Gasteiger partial charge in [-0.3, -0.25) is 4.79 Å². The number of nitrogens with one attached hydrogen (secondary N) is 1. The molecule has 2 aromatic rings. The minimum absolute atomic E-state index is 0.131. The fourth-order valence-corrected chi connectivity index (χ4v) is 2.83. The van der Waals surface area contributed by atoms with Crippen LogP contribution in [0.2, 0.25) is 10.0 Å². The molecule has 0 radical (unpaired) electrons. The quantitative estimate of drug-likeness (QED) is 0.495. The molecule has 26 heavy (non-hydrogen) atoms. The fraction of sp³-hybridized carbons (Fsp3) is 0.222. The number of guanidine groups is 1. The van der Waals surface area contributed by atoms with E-state index in [0.717, 1.165) is 11.1 Å². The first kappa shape index (κ1) is 19.9. The third-order valence-corrected chi connectivity index (χ3v) is 4.07. The number of halogens is 2. The summed E-state index contributed by atoms with van der Waals surface area (Å²) in [4.78, 5) is 15.1. The van der Waals surface area contributed by atoms with Crippen LogP contribution in [0, 0.1) is 0 Å². The zero-order chi connectivity index (χ0) is 19.1. The zero-order valence-electron chi connectivity index (χ0n) is 14.2. The first-order valence-electron chi connectivity index (χ1n) is 7.86. The second kappa shape index (κ2) is 9.31. The van der Waals surface area contributed by atoms with Crippen LogP contribution in [0.15, 0.2) is 47.5 Å². The van der Waals surface area contributed by atoms with Crippen molar-refractivity contribution in [3.63, 3.8) is 0 Å². The molecule has 0 bridgehead atoms. The maximum Gasteiger partial charge on any atom is 0.255 e. The molecular weight excluding hydrogens is 375 g/mol. The van der Waals surface area contributed by atoms with Gasteiger partial charge in [-0.2, -0.15) is 0 Å². The molecule has 5 N–H and O–H groups in total. The number of nitrogens with zero attached hydrogens (tertiary/aromatic N) is 1. The molecule has 2 aromatic carbocycles. The van der Waals surface area contributed by atoms with Crippen molar-refractivity contribution >= 4 is 35.1 Å². The summed E-state index contributed by atoms with van der Waals surface area (Å²) in [6.45, 7) is 2.11. The number of hydrogen-bond donors (Lipinski definition) is 3. The average molecular weight is 395 g/mol. The number of rotatable bonds is 7. The van der Waals surface area contributed by atoms with Crippen molar-refractivity contribution in [2.24, 2.45) is 16.5 Å². The lowest BCUT2D eigenvalue weighted by atomic mass is 10.1. The highest BCUT2D eigenvalue weighted by Gasteiger charge is 2.10. The molecule has 0 aromatic heterocycles. The molecule has 8 heteroatoms. The third-order valence-electron chi connectivity index (χ3n) is 3.50. The van der Waals surface area contributed by atoms with Gasteiger partial charge in [0.1, 0.15) is 5.75 Å². The van der Waals surface area contributed by atoms with Gasteiger partial charge in [-0.05, 0) is 42.3 Å². The fourth-order valence-electron chi connectivity index (χ4n) is 2.26. The van der Waals surface area contributed by atoms with Crippen LogP contribution < -0.4 is 21.5 Å². The Hall–Kier alpha value is -2.44. The minimum Gasteiger partial charge on any atom is -0.484 e. The van der Waals surface area contributed by atoms with Crippen molar-refractivity contribution < 1.29 is 9.53 Å². The van der Waals surface area contributed by atoms with Gasteiger partial charge in [-0.15, -0.1) is 0 Å². The first-order valence-corrected chi connectivity index (χ1v) is 8.62. The van der Waals surface area contributed by atoms with Crippen molar-refractivity contribution in [3.8, 4) is 5.75 Å². The number of nitrogens with two attached hydrogens (primary N) is 2. The Morgan fingerprint density at radius 1 is 1.23 bits per heavy atom. The van der Waals surface area contributed by atoms with Gasteiger partial charge >= 0.3 is 0 Å². The second-order valence-corrected chi connectivity index (χ2v) is 6.48. The highest BCUT2D eigenvalue weighted by atomic mass is 35.5. The topological polar surface area (TPSA) is 103 Å². The number of ether oxygens (including phenoxy) is 1. The predicted octanol–water partition coefficient (Wildman–Crippen LogP) is 3.02. The van der Waals surface area contributed by atoms with Gasteiger partial charge in [0.2, 0.25) is 0 Å². The van der Waals surface area contributed by atoms with Crippen LogP contribution in [0.25, 0.3) is 0 Å². The van der Waals surface area contributed by atoms with Gasteiger partial charge in [0.05, 0.1) is 12.6 Å². The lowest BCUT2D eigenvalue weighted by Crippen LogP contribution is -2.34. The van der Waals surface area contributed by atoms with Gasteiger partial charge < -0.3 is 21.5 Å². The normalized spacial score (nSPS) is 12.5. The van der Waals surface area contributed by atoms with Gasteiger partial charge in [-0.1, -0.05) is 41.4 Å². The van der Waals surface area contributed by atoms with Crippen LogP contribution in [-0.4, -0.2) is 18.5 Å². The van der Waals surface area contributed by atoms with Crippen molar-refractivity contribution in [2.45, 2.75) is 19.5 Å². The molecule has 0 fully saturated rings. The van der Waals surface area contributed by atoms with Crippen LogP contribution in [-0.2, 0) is 11.3 Å². The lowest BCUT2D eigenvalue weighted by molar-refractivity contribution is -0.119. The highest BCUT2D eigenvalue weighted by Crippen LogP contribution is 2.25. The molecule has 0 heterocycles. The molecule has 1 unspecified atom stereocenters. The minimum atomic E-state index is -0.531. The maximum absolute atomic E-state index is 10.8. The van der Waals surface area contributed by atoms with Crippen molar-refractivity contribution in [3.05, 3.63) is 63.6 Å². The molecule has 0 aliphatic rings. The lowest BCUT2D eigenvalue weighted by Gasteiger charge is -2.16. The van der Waals surface area contributed by atoms with E-state index in [0.29, 0.717) is 22.3 Å². The number of carbonyl (C=O) groups is 1. The maximum atomic E-state index is 10.8. The summed E-state index contributed by atoms with van der Waals surface area (Å²) in [5.41, 5.74) is 12.8. The Morgan fingerprint density at radius 2 is 2.00 bits per heavy atom. The molecule has 0 saturated heterocycles. The number of carbonyl (C=O) groups excluding carboxylic acids is 1. The summed E-state index contributed by atoms with van der Waals surface area (Å²) in [5.74, 6) is 0.299. The molecule has 1 amide bonds. The van der Waals surface area contributed by atoms with Crippen molar-refractivity contribution in [2.75, 3.05) is 6.61 Å². The zero-order valence-corrected chi connectivity index (χ0v) is 15.7. The van der Waals surface area contributed by atoms with E-state index >= 15 is 0 Å². The van der Waals surface area contributed by atoms with Gasteiger partial charge in [-0.25, -0.2) is 4.99 Å². The monoisotopic (exact) mass is 394 g/mol. The molecule has 1 atom stereocenters. The number of hydrogen-bond acceptors (Lipinski definition) is 3. The number of primary amides is 1. The molecule has 138 valence electrons. The first-order chi connectivity index (χ1) is 12.3. The summed E-state index contributed by atoms with van der Waals surface area (Å²) in [7, 11) is 0. The van der Waals surface area contributed by atoms with E-state index < -0.39 is 5.91 Å². The number of aliphatic imine (C=N–C) groups is 1. The van der Waals surface area contributed by atoms with Crippen LogP contribution >= 0.6 is 23.2 Å². The van der Waals surface area contributed by atoms with E-state index in [4.69, 9.17) is 39.4 Å². The molecule has 0 spiro atoms. The average Bonchev–Trinajstić information content (AvgIpc) is 2.58. The summed E-state index contributed by atoms with van der Waals surface area (Å²) < 4.78 is 5.26. The molecule has 6 nitrogen and oxygen atoms in total. The summed E-state index contributed by atoms with van der Waals surface area (Å²) in [6.07, 6.45) is 0. The summed E-state index contributed by atoms with van der Waals surface area (Å²) in [5, 5.41) is 4.22. The Labute approximate surface area is 162 Å². The smallest absolute Gasteiger partial charge is 0.255 e. The molecular formula is C18H20Cl2N4O2. The Balaban J connectivity index is 1.97. The number of benzene rings is 2. The van der Waals surface area contributed by atoms with Gasteiger partial charge in [0, 0.05) is 10.0 Å². The van der Waals surface area contributed by atoms with Crippen LogP contribution in [0.1, 0.15) is 24.1 Å². The van der Waals surface area contributed by atoms with Gasteiger partial charge in [0.15, 0.2) is 12.6 Å². The second-order valence-electron chi connectivity index (χ2n) is 5.64. The predicted molar refractivity (Wildman–Crippen MR) is 104 cm³/mol. The number of amides is 1. The van der Waals surface area contributed by atoms with Crippen LogP contribution in [0.4, 0.5) is 0 Å². The Morgan fingerprint density at radius 3 is 2.69 bits per heavy atom. The largest absolute Gasteiger partial charge is 0.484 e. The van der Waals surface area contributed by atoms with Crippen molar-refractivity contribution in [1.82, 2.24) is 5.32 Å². The van der Waals surface area contributed by atoms with Gasteiger partial charge in [0.25, 0.3) is 5.91 Å². The van der Waals surface area contributed by atoms with E-state index in [2.05, 4.69) is 10.3 Å². The third kappa shape index (κ3) is 6.13. The highest BCUT2D eigenvalue weighted by molar-refractivity contribution is 6.35. The SMILES string of the molecule is CC(NC(N)=NCc1cccc(OCC(N)=O)c1)c1ccc(Cl)cc1Cl. The standard InChI is InChI=1S/C18H20Cl2N4O2/c1-11(15-6-5-13(19)8-16(15)20)24-18(22)23-9-12-3-2-4-14(7-12)26-10-17(21)25/h2-8,11H,9-10H2,1H3,(H2,21,25)(H3,22,23,24). The molecule has 0 aliphatic carbocycles. The molecule has 2 rings (SSSR count).